The van der Waals surface area contributed by atoms with Gasteiger partial charge in [0.15, 0.2) is 0 Å². The Morgan fingerprint density at radius 2 is 1.79 bits per heavy atom. The number of likely N-dealkylation sites (tertiary alicyclic amines) is 1. The van der Waals surface area contributed by atoms with Gasteiger partial charge in [-0.25, -0.2) is 9.59 Å². The van der Waals surface area contributed by atoms with E-state index in [1.165, 1.54) is 4.90 Å². The van der Waals surface area contributed by atoms with Crippen LogP contribution in [0.3, 0.4) is 0 Å². The first-order valence-corrected chi connectivity index (χ1v) is 11.3. The highest BCUT2D eigenvalue weighted by molar-refractivity contribution is 5.68. The van der Waals surface area contributed by atoms with Gasteiger partial charge >= 0.3 is 12.2 Å². The molecule has 0 bridgehead atoms. The van der Waals surface area contributed by atoms with Gasteiger partial charge in [0.05, 0.1) is 11.6 Å². The van der Waals surface area contributed by atoms with Crippen molar-refractivity contribution in [2.75, 3.05) is 6.54 Å². The Morgan fingerprint density at radius 1 is 1.15 bits per heavy atom. The van der Waals surface area contributed by atoms with Gasteiger partial charge in [-0.1, -0.05) is 54.6 Å². The molecular weight excluding hydrogens is 420 g/mol. The van der Waals surface area contributed by atoms with E-state index in [9.17, 15) is 19.8 Å². The molecule has 2 amide bonds. The summed E-state index contributed by atoms with van der Waals surface area (Å²) in [6.07, 6.45) is -0.253. The number of alkyl carbamates (subject to hydrolysis) is 1. The average Bonchev–Trinajstić information content (AvgIpc) is 2.73. The van der Waals surface area contributed by atoms with Crippen LogP contribution in [0.25, 0.3) is 0 Å². The number of hydrogen-bond acceptors (Lipinski definition) is 4. The SMILES string of the molecule is C[C@H](NC(=O)OC(C)(C)C)c1ccc(C2(O)CCN(C(=O)O)C(Cc3ccccc3)C2)cc1. The van der Waals surface area contributed by atoms with Crippen molar-refractivity contribution in [3.05, 3.63) is 71.3 Å². The number of ether oxygens (including phenoxy) is 1. The Hall–Kier alpha value is -3.06. The normalized spacial score (nSPS) is 21.8. The Kier molecular flexibility index (Phi) is 7.32. The summed E-state index contributed by atoms with van der Waals surface area (Å²) in [6.45, 7) is 7.57. The number of nitrogens with zero attached hydrogens (tertiary/aromatic N) is 1. The van der Waals surface area contributed by atoms with Crippen molar-refractivity contribution < 1.29 is 24.5 Å². The van der Waals surface area contributed by atoms with Crippen LogP contribution >= 0.6 is 0 Å². The number of benzene rings is 2. The minimum absolute atomic E-state index is 0.261. The Labute approximate surface area is 195 Å². The van der Waals surface area contributed by atoms with Crippen LogP contribution in [0.1, 0.15) is 63.3 Å². The molecule has 1 fully saturated rings. The first kappa shape index (κ1) is 24.6. The number of amides is 2. The maximum atomic E-state index is 12.1. The van der Waals surface area contributed by atoms with Gasteiger partial charge in [0.25, 0.3) is 0 Å². The molecule has 1 aliphatic rings. The second kappa shape index (κ2) is 9.83. The van der Waals surface area contributed by atoms with Crippen molar-refractivity contribution >= 4 is 12.2 Å². The molecule has 1 aliphatic heterocycles. The Morgan fingerprint density at radius 3 is 2.36 bits per heavy atom. The van der Waals surface area contributed by atoms with Crippen molar-refractivity contribution in [3.8, 4) is 0 Å². The molecule has 0 spiro atoms. The summed E-state index contributed by atoms with van der Waals surface area (Å²) in [4.78, 5) is 25.3. The standard InChI is InChI=1S/C26H34N2O5/c1-18(27-23(29)33-25(2,3)4)20-10-12-21(13-11-20)26(32)14-15-28(24(30)31)22(17-26)16-19-8-6-5-7-9-19/h5-13,18,22,32H,14-17H2,1-4H3,(H,27,29)(H,30,31)/t18-,22?,26?/m0/s1. The molecule has 2 unspecified atom stereocenters. The molecule has 0 aromatic heterocycles. The topological polar surface area (TPSA) is 99.1 Å². The second-order valence-electron chi connectivity index (χ2n) is 9.80. The second-order valence-corrected chi connectivity index (χ2v) is 9.80. The number of carboxylic acid groups (broad SMARTS) is 1. The molecule has 0 aliphatic carbocycles. The number of carbonyl (C=O) groups excluding carboxylic acids is 1. The van der Waals surface area contributed by atoms with E-state index in [0.717, 1.165) is 16.7 Å². The summed E-state index contributed by atoms with van der Waals surface area (Å²) in [6, 6.07) is 16.6. The highest BCUT2D eigenvalue weighted by Crippen LogP contribution is 2.37. The maximum Gasteiger partial charge on any atom is 0.408 e. The molecule has 2 aromatic carbocycles. The van der Waals surface area contributed by atoms with Gasteiger partial charge in [0.1, 0.15) is 5.60 Å². The molecule has 1 heterocycles. The molecule has 1 saturated heterocycles. The van der Waals surface area contributed by atoms with E-state index < -0.39 is 23.4 Å². The number of nitrogens with one attached hydrogen (secondary N) is 1. The molecule has 33 heavy (non-hydrogen) atoms. The van der Waals surface area contributed by atoms with Crippen molar-refractivity contribution in [1.29, 1.82) is 0 Å². The third-order valence-corrected chi connectivity index (χ3v) is 6.02. The van der Waals surface area contributed by atoms with Gasteiger partial charge in [-0.05, 0) is 57.2 Å². The molecule has 178 valence electrons. The monoisotopic (exact) mass is 454 g/mol. The largest absolute Gasteiger partial charge is 0.465 e. The Balaban J connectivity index is 1.72. The highest BCUT2D eigenvalue weighted by Gasteiger charge is 2.41. The third kappa shape index (κ3) is 6.48. The summed E-state index contributed by atoms with van der Waals surface area (Å²) >= 11 is 0. The predicted molar refractivity (Wildman–Crippen MR) is 126 cm³/mol. The van der Waals surface area contributed by atoms with Crippen LogP contribution in [0.5, 0.6) is 0 Å². The lowest BCUT2D eigenvalue weighted by atomic mass is 9.79. The zero-order chi connectivity index (χ0) is 24.2. The van der Waals surface area contributed by atoms with Crippen LogP contribution < -0.4 is 5.32 Å². The zero-order valence-corrected chi connectivity index (χ0v) is 19.7. The van der Waals surface area contributed by atoms with E-state index in [2.05, 4.69) is 5.32 Å². The lowest BCUT2D eigenvalue weighted by Gasteiger charge is -2.43. The number of piperidine rings is 1. The fourth-order valence-electron chi connectivity index (χ4n) is 4.32. The van der Waals surface area contributed by atoms with Crippen LogP contribution in [0.4, 0.5) is 9.59 Å². The fraction of sp³-hybridized carbons (Fsp3) is 0.462. The van der Waals surface area contributed by atoms with Crippen LogP contribution in [0.2, 0.25) is 0 Å². The lowest BCUT2D eigenvalue weighted by molar-refractivity contribution is -0.0448. The van der Waals surface area contributed by atoms with E-state index in [-0.39, 0.29) is 18.6 Å². The maximum absolute atomic E-state index is 12.1. The molecule has 0 saturated carbocycles. The molecule has 7 nitrogen and oxygen atoms in total. The van der Waals surface area contributed by atoms with Gasteiger partial charge in [0, 0.05) is 19.0 Å². The van der Waals surface area contributed by atoms with E-state index in [4.69, 9.17) is 4.74 Å². The van der Waals surface area contributed by atoms with Crippen LogP contribution in [-0.4, -0.2) is 45.5 Å². The van der Waals surface area contributed by atoms with E-state index in [0.29, 0.717) is 19.3 Å². The number of rotatable bonds is 5. The molecule has 3 rings (SSSR count). The first-order chi connectivity index (χ1) is 15.5. The van der Waals surface area contributed by atoms with Crippen LogP contribution in [0, 0.1) is 0 Å². The van der Waals surface area contributed by atoms with Crippen molar-refractivity contribution in [2.24, 2.45) is 0 Å². The number of hydrogen-bond donors (Lipinski definition) is 3. The van der Waals surface area contributed by atoms with Crippen molar-refractivity contribution in [1.82, 2.24) is 10.2 Å². The van der Waals surface area contributed by atoms with Crippen LogP contribution in [-0.2, 0) is 16.8 Å². The summed E-state index contributed by atoms with van der Waals surface area (Å²) in [7, 11) is 0. The molecular formula is C26H34N2O5. The van der Waals surface area contributed by atoms with Gasteiger partial charge in [-0.3, -0.25) is 0 Å². The minimum atomic E-state index is -1.12. The molecule has 7 heteroatoms. The van der Waals surface area contributed by atoms with Gasteiger partial charge in [-0.2, -0.15) is 0 Å². The predicted octanol–water partition coefficient (Wildman–Crippen LogP) is 4.85. The van der Waals surface area contributed by atoms with E-state index >= 15 is 0 Å². The average molecular weight is 455 g/mol. The third-order valence-electron chi connectivity index (χ3n) is 6.02. The van der Waals surface area contributed by atoms with Crippen molar-refractivity contribution in [2.45, 2.75) is 70.2 Å². The molecule has 3 atom stereocenters. The summed E-state index contributed by atoms with van der Waals surface area (Å²) in [5, 5.41) is 24.0. The molecule has 0 radical (unpaired) electrons. The summed E-state index contributed by atoms with van der Waals surface area (Å²) in [5.74, 6) is 0. The minimum Gasteiger partial charge on any atom is -0.465 e. The van der Waals surface area contributed by atoms with Gasteiger partial charge in [-0.15, -0.1) is 0 Å². The van der Waals surface area contributed by atoms with Gasteiger partial charge in [0.2, 0.25) is 0 Å². The van der Waals surface area contributed by atoms with Gasteiger partial charge < -0.3 is 25.2 Å². The smallest absolute Gasteiger partial charge is 0.408 e. The highest BCUT2D eigenvalue weighted by atomic mass is 16.6. The van der Waals surface area contributed by atoms with E-state index in [1.54, 1.807) is 0 Å². The number of aliphatic hydroxyl groups is 1. The molecule has 3 N–H and O–H groups in total. The first-order valence-electron chi connectivity index (χ1n) is 11.3. The summed E-state index contributed by atoms with van der Waals surface area (Å²) in [5.41, 5.74) is 0.982. The fourth-order valence-corrected chi connectivity index (χ4v) is 4.32. The summed E-state index contributed by atoms with van der Waals surface area (Å²) < 4.78 is 5.31. The van der Waals surface area contributed by atoms with Crippen LogP contribution in [0.15, 0.2) is 54.6 Å². The number of carbonyl (C=O) groups is 2. The zero-order valence-electron chi connectivity index (χ0n) is 19.7. The molecule has 2 aromatic rings. The Bertz CT molecular complexity index is 955. The quantitative estimate of drug-likeness (QED) is 0.600. The van der Waals surface area contributed by atoms with Crippen molar-refractivity contribution in [3.63, 3.8) is 0 Å². The van der Waals surface area contributed by atoms with E-state index in [1.807, 2.05) is 82.3 Å². The lowest BCUT2D eigenvalue weighted by Crippen LogP contribution is -2.52.